The molecule has 3 heterocycles. The molecule has 6 atom stereocenters. The molecule has 2 saturated heterocycles. The average molecular weight is 603 g/mol. The fraction of sp³-hybridized carbons (Fsp3) is 0.542. The summed E-state index contributed by atoms with van der Waals surface area (Å²) in [6.45, 7) is 5.08. The first-order valence-corrected chi connectivity index (χ1v) is 11.8. The second kappa shape index (κ2) is 9.46. The number of nitrogens with zero attached hydrogens (tertiary/aromatic N) is 1. The van der Waals surface area contributed by atoms with E-state index in [1.54, 1.807) is 12.1 Å². The van der Waals surface area contributed by atoms with Gasteiger partial charge in [0.05, 0.1) is 19.0 Å². The summed E-state index contributed by atoms with van der Waals surface area (Å²) in [7, 11) is 0. The predicted molar refractivity (Wildman–Crippen MR) is 121 cm³/mol. The summed E-state index contributed by atoms with van der Waals surface area (Å²) in [6, 6.07) is 6.85. The van der Waals surface area contributed by atoms with Crippen LogP contribution in [0.2, 0.25) is 0 Å². The molecule has 34 heavy (non-hydrogen) atoms. The molecule has 10 heteroatoms. The van der Waals surface area contributed by atoms with E-state index in [-0.39, 0.29) is 42.0 Å². The molecule has 0 saturated carbocycles. The standard InChI is InChI=1S/C24H29BrNO7.BrH/c1-14-21(28)33-19-9-11-26(12-18(27)15-4-6-17(25)7-5-15)10-8-16(20(19)26)13-32-22(29)24(3,31)23(14,2)30;/h4-8,14,19-20,30-31H,9-13H2,1-3H3;1H/q+1;/p-1. The maximum Gasteiger partial charge on any atom is 0.341 e. The Labute approximate surface area is 217 Å². The number of ether oxygens (including phenoxy) is 2. The first kappa shape index (κ1) is 27.0. The highest BCUT2D eigenvalue weighted by molar-refractivity contribution is 9.10. The first-order chi connectivity index (χ1) is 15.4. The second-order valence-electron chi connectivity index (χ2n) is 9.72. The molecule has 0 spiro atoms. The van der Waals surface area contributed by atoms with Gasteiger partial charge in [-0.1, -0.05) is 28.1 Å². The highest BCUT2D eigenvalue weighted by atomic mass is 79.9. The van der Waals surface area contributed by atoms with Crippen molar-refractivity contribution in [2.24, 2.45) is 5.92 Å². The van der Waals surface area contributed by atoms with Gasteiger partial charge in [0.2, 0.25) is 5.78 Å². The minimum atomic E-state index is -2.31. The van der Waals surface area contributed by atoms with E-state index in [4.69, 9.17) is 9.47 Å². The number of esters is 2. The SMILES string of the molecule is CC1C(=O)OC2CC[N+]3(CC(=O)c4ccc(Br)cc4)CC=C(COC(=O)C(C)(O)C1(C)O)C23.[Br-]. The summed E-state index contributed by atoms with van der Waals surface area (Å²) < 4.78 is 12.5. The number of Topliss-reactive ketones (excluding diaryl/α,β-unsaturated/α-hetero) is 1. The molecule has 0 aromatic heterocycles. The number of cyclic esters (lactones) is 1. The largest absolute Gasteiger partial charge is 1.00 e. The molecule has 8 nitrogen and oxygen atoms in total. The smallest absolute Gasteiger partial charge is 0.341 e. The molecular formula is C24H29Br2NO7. The number of aliphatic hydroxyl groups is 2. The molecular weight excluding hydrogens is 574 g/mol. The minimum absolute atomic E-state index is 0. The van der Waals surface area contributed by atoms with Crippen LogP contribution in [-0.4, -0.2) is 82.0 Å². The van der Waals surface area contributed by atoms with Crippen molar-refractivity contribution in [3.05, 3.63) is 46.0 Å². The number of carbonyl (C=O) groups is 3. The van der Waals surface area contributed by atoms with E-state index in [1.165, 1.54) is 13.8 Å². The fourth-order valence-electron chi connectivity index (χ4n) is 5.17. The summed E-state index contributed by atoms with van der Waals surface area (Å²) in [4.78, 5) is 38.8. The van der Waals surface area contributed by atoms with Crippen molar-refractivity contribution in [1.29, 1.82) is 0 Å². The van der Waals surface area contributed by atoms with Crippen molar-refractivity contribution >= 4 is 33.7 Å². The van der Waals surface area contributed by atoms with Crippen molar-refractivity contribution in [1.82, 2.24) is 0 Å². The lowest BCUT2D eigenvalue weighted by molar-refractivity contribution is -0.917. The van der Waals surface area contributed by atoms with Gasteiger partial charge in [0.1, 0.15) is 18.8 Å². The highest BCUT2D eigenvalue weighted by Crippen LogP contribution is 2.41. The van der Waals surface area contributed by atoms with Crippen LogP contribution in [0.5, 0.6) is 0 Å². The van der Waals surface area contributed by atoms with Gasteiger partial charge in [0, 0.05) is 22.0 Å². The Bertz CT molecular complexity index is 1020. The Morgan fingerprint density at radius 1 is 1.21 bits per heavy atom. The summed E-state index contributed by atoms with van der Waals surface area (Å²) in [5, 5.41) is 21.7. The second-order valence-corrected chi connectivity index (χ2v) is 10.6. The van der Waals surface area contributed by atoms with E-state index in [0.717, 1.165) is 17.0 Å². The maximum absolute atomic E-state index is 13.1. The van der Waals surface area contributed by atoms with Gasteiger partial charge in [-0.3, -0.25) is 9.59 Å². The molecule has 2 N–H and O–H groups in total. The van der Waals surface area contributed by atoms with Crippen LogP contribution in [0.3, 0.4) is 0 Å². The van der Waals surface area contributed by atoms with Crippen molar-refractivity contribution in [2.75, 3.05) is 26.2 Å². The Morgan fingerprint density at radius 3 is 2.50 bits per heavy atom. The number of hydrogen-bond acceptors (Lipinski definition) is 7. The molecule has 2 fully saturated rings. The van der Waals surface area contributed by atoms with E-state index in [9.17, 15) is 24.6 Å². The zero-order valence-corrected chi connectivity index (χ0v) is 22.5. The molecule has 4 rings (SSSR count). The Morgan fingerprint density at radius 2 is 1.85 bits per heavy atom. The zero-order valence-electron chi connectivity index (χ0n) is 19.3. The Kier molecular flexibility index (Phi) is 7.51. The van der Waals surface area contributed by atoms with Gasteiger partial charge in [-0.25, -0.2) is 4.79 Å². The van der Waals surface area contributed by atoms with Crippen LogP contribution in [0.25, 0.3) is 0 Å². The van der Waals surface area contributed by atoms with Crippen molar-refractivity contribution in [3.8, 4) is 0 Å². The van der Waals surface area contributed by atoms with Crippen LogP contribution in [0.4, 0.5) is 0 Å². The molecule has 0 radical (unpaired) electrons. The normalized spacial score (nSPS) is 37.5. The van der Waals surface area contributed by atoms with Gasteiger partial charge in [0.25, 0.3) is 0 Å². The van der Waals surface area contributed by atoms with Crippen LogP contribution in [0, 0.1) is 5.92 Å². The van der Waals surface area contributed by atoms with E-state index < -0.39 is 35.2 Å². The molecule has 6 unspecified atom stereocenters. The van der Waals surface area contributed by atoms with Gasteiger partial charge in [-0.2, -0.15) is 0 Å². The molecule has 186 valence electrons. The molecule has 1 aromatic rings. The lowest BCUT2D eigenvalue weighted by Crippen LogP contribution is -3.00. The van der Waals surface area contributed by atoms with Gasteiger partial charge in [0.15, 0.2) is 17.7 Å². The van der Waals surface area contributed by atoms with Gasteiger partial charge in [-0.15, -0.1) is 0 Å². The topological polar surface area (TPSA) is 110 Å². The zero-order chi connectivity index (χ0) is 24.2. The summed E-state index contributed by atoms with van der Waals surface area (Å²) >= 11 is 3.38. The van der Waals surface area contributed by atoms with E-state index in [2.05, 4.69) is 15.9 Å². The number of carbonyl (C=O) groups excluding carboxylic acids is 3. The van der Waals surface area contributed by atoms with Crippen molar-refractivity contribution < 1.29 is 55.5 Å². The molecule has 0 bridgehead atoms. The predicted octanol–water partition coefficient (Wildman–Crippen LogP) is -1.23. The van der Waals surface area contributed by atoms with Crippen molar-refractivity contribution in [3.63, 3.8) is 0 Å². The number of hydrogen-bond donors (Lipinski definition) is 2. The van der Waals surface area contributed by atoms with Crippen LogP contribution in [-0.2, 0) is 19.1 Å². The third-order valence-electron chi connectivity index (χ3n) is 7.74. The average Bonchev–Trinajstić information content (AvgIpc) is 3.28. The molecule has 1 aromatic carbocycles. The summed E-state index contributed by atoms with van der Waals surface area (Å²) in [5.74, 6) is -2.92. The maximum atomic E-state index is 13.1. The number of ketones is 1. The number of quaternary nitrogens is 1. The Balaban J connectivity index is 0.00000324. The summed E-state index contributed by atoms with van der Waals surface area (Å²) in [6.07, 6.45) is 1.95. The monoisotopic (exact) mass is 601 g/mol. The minimum Gasteiger partial charge on any atom is -1.00 e. The summed E-state index contributed by atoms with van der Waals surface area (Å²) in [5.41, 5.74) is -3.05. The van der Waals surface area contributed by atoms with E-state index in [0.29, 0.717) is 29.6 Å². The molecule has 3 aliphatic heterocycles. The van der Waals surface area contributed by atoms with Gasteiger partial charge >= 0.3 is 11.9 Å². The van der Waals surface area contributed by atoms with Crippen LogP contribution >= 0.6 is 15.9 Å². The number of rotatable bonds is 3. The third-order valence-corrected chi connectivity index (χ3v) is 8.27. The van der Waals surface area contributed by atoms with Crippen molar-refractivity contribution in [2.45, 2.75) is 50.5 Å². The molecule has 0 aliphatic carbocycles. The van der Waals surface area contributed by atoms with Gasteiger partial charge in [-0.05, 0) is 39.0 Å². The lowest BCUT2D eigenvalue weighted by atomic mass is 9.76. The first-order valence-electron chi connectivity index (χ1n) is 11.0. The Hall–Kier alpha value is -1.59. The van der Waals surface area contributed by atoms with Crippen LogP contribution in [0.15, 0.2) is 40.4 Å². The number of halogens is 2. The highest BCUT2D eigenvalue weighted by Gasteiger charge is 2.59. The molecule has 3 aliphatic rings. The van der Waals surface area contributed by atoms with Crippen LogP contribution in [0.1, 0.15) is 37.6 Å². The number of benzene rings is 1. The van der Waals surface area contributed by atoms with Gasteiger partial charge < -0.3 is 41.2 Å². The quantitative estimate of drug-likeness (QED) is 0.193. The molecule has 0 amide bonds. The van der Waals surface area contributed by atoms with E-state index >= 15 is 0 Å². The van der Waals surface area contributed by atoms with E-state index in [1.807, 2.05) is 18.2 Å². The third kappa shape index (κ3) is 4.39. The lowest BCUT2D eigenvalue weighted by Gasteiger charge is -2.39. The fourth-order valence-corrected chi connectivity index (χ4v) is 5.43. The van der Waals surface area contributed by atoms with Crippen LogP contribution < -0.4 is 17.0 Å².